The van der Waals surface area contributed by atoms with Gasteiger partial charge in [0.2, 0.25) is 5.91 Å². The zero-order valence-electron chi connectivity index (χ0n) is 14.8. The molecule has 0 radical (unpaired) electrons. The molecule has 1 aromatic heterocycles. The molecular formula is C19H21Cl2N3O3. The van der Waals surface area contributed by atoms with E-state index in [-0.39, 0.29) is 18.4 Å². The zero-order chi connectivity index (χ0) is 19.2. The van der Waals surface area contributed by atoms with Crippen LogP contribution < -0.4 is 5.32 Å². The Morgan fingerprint density at radius 3 is 2.59 bits per heavy atom. The van der Waals surface area contributed by atoms with Crippen LogP contribution in [0.25, 0.3) is 0 Å². The Balaban J connectivity index is 1.73. The first kappa shape index (κ1) is 19.7. The Morgan fingerprint density at radius 1 is 1.15 bits per heavy atom. The minimum absolute atomic E-state index is 0.0670. The van der Waals surface area contributed by atoms with Crippen molar-refractivity contribution < 1.29 is 14.1 Å². The van der Waals surface area contributed by atoms with Gasteiger partial charge in [0.15, 0.2) is 5.82 Å². The molecule has 1 aliphatic rings. The fourth-order valence-electron chi connectivity index (χ4n) is 3.35. The number of nitrogens with one attached hydrogen (secondary N) is 1. The molecule has 1 aliphatic carbocycles. The first-order valence-corrected chi connectivity index (χ1v) is 9.73. The minimum Gasteiger partial charge on any atom is -0.363 e. The van der Waals surface area contributed by atoms with Crippen LogP contribution in [0.3, 0.4) is 0 Å². The van der Waals surface area contributed by atoms with Gasteiger partial charge in [-0.15, -0.1) is 0 Å². The maximum atomic E-state index is 13.0. The van der Waals surface area contributed by atoms with Gasteiger partial charge in [0, 0.05) is 18.2 Å². The molecule has 144 valence electrons. The van der Waals surface area contributed by atoms with Gasteiger partial charge in [-0.05, 0) is 37.0 Å². The SMILES string of the molecule is O=C(CN(CC1CCCCC1)C(=O)c1ccc(Cl)c(Cl)c1)Nc1ccon1. The van der Waals surface area contributed by atoms with E-state index >= 15 is 0 Å². The molecule has 1 heterocycles. The second-order valence-corrected chi connectivity index (χ2v) is 7.57. The molecule has 6 nitrogen and oxygen atoms in total. The first-order valence-electron chi connectivity index (χ1n) is 8.97. The van der Waals surface area contributed by atoms with Crippen LogP contribution in [0.15, 0.2) is 35.1 Å². The zero-order valence-corrected chi connectivity index (χ0v) is 16.3. The van der Waals surface area contributed by atoms with Crippen LogP contribution in [0.1, 0.15) is 42.5 Å². The third kappa shape index (κ3) is 5.47. The van der Waals surface area contributed by atoms with E-state index in [2.05, 4.69) is 10.5 Å². The molecule has 0 aliphatic heterocycles. The van der Waals surface area contributed by atoms with E-state index < -0.39 is 0 Å². The van der Waals surface area contributed by atoms with Crippen molar-refractivity contribution in [2.45, 2.75) is 32.1 Å². The fraction of sp³-hybridized carbons (Fsp3) is 0.421. The maximum absolute atomic E-state index is 13.0. The number of aromatic nitrogens is 1. The van der Waals surface area contributed by atoms with Crippen LogP contribution in [0.5, 0.6) is 0 Å². The molecule has 1 N–H and O–H groups in total. The van der Waals surface area contributed by atoms with Crippen LogP contribution >= 0.6 is 23.2 Å². The summed E-state index contributed by atoms with van der Waals surface area (Å²) >= 11 is 12.0. The van der Waals surface area contributed by atoms with Crippen LogP contribution in [-0.4, -0.2) is 35.0 Å². The largest absolute Gasteiger partial charge is 0.363 e. The van der Waals surface area contributed by atoms with Crippen molar-refractivity contribution in [3.8, 4) is 0 Å². The lowest BCUT2D eigenvalue weighted by Gasteiger charge is -2.29. The first-order chi connectivity index (χ1) is 13.0. The quantitative estimate of drug-likeness (QED) is 0.753. The monoisotopic (exact) mass is 409 g/mol. The summed E-state index contributed by atoms with van der Waals surface area (Å²) in [7, 11) is 0. The van der Waals surface area contributed by atoms with Gasteiger partial charge < -0.3 is 14.7 Å². The lowest BCUT2D eigenvalue weighted by Crippen LogP contribution is -2.41. The number of hydrogen-bond donors (Lipinski definition) is 1. The standard InChI is InChI=1S/C19H21Cl2N3O3/c20-15-7-6-14(10-16(15)21)19(26)24(11-13-4-2-1-3-5-13)12-18(25)22-17-8-9-27-23-17/h6-10,13H,1-5,11-12H2,(H,22,23,25). The van der Waals surface area contributed by atoms with Crippen LogP contribution in [0, 0.1) is 5.92 Å². The molecule has 1 saturated carbocycles. The molecule has 27 heavy (non-hydrogen) atoms. The van der Waals surface area contributed by atoms with Crippen molar-refractivity contribution in [1.29, 1.82) is 0 Å². The predicted octanol–water partition coefficient (Wildman–Crippen LogP) is 4.64. The van der Waals surface area contributed by atoms with Crippen molar-refractivity contribution in [2.75, 3.05) is 18.4 Å². The molecule has 2 amide bonds. The lowest BCUT2D eigenvalue weighted by atomic mass is 9.89. The molecular weight excluding hydrogens is 389 g/mol. The number of carbonyl (C=O) groups is 2. The van der Waals surface area contributed by atoms with Crippen molar-refractivity contribution in [3.05, 3.63) is 46.1 Å². The Labute approximate surface area is 167 Å². The number of anilines is 1. The Hall–Kier alpha value is -2.05. The van der Waals surface area contributed by atoms with E-state index in [1.807, 2.05) is 0 Å². The number of rotatable bonds is 6. The van der Waals surface area contributed by atoms with Gasteiger partial charge >= 0.3 is 0 Å². The van der Waals surface area contributed by atoms with E-state index in [0.717, 1.165) is 25.7 Å². The van der Waals surface area contributed by atoms with Crippen molar-refractivity contribution in [3.63, 3.8) is 0 Å². The Bertz CT molecular complexity index is 790. The highest BCUT2D eigenvalue weighted by Gasteiger charge is 2.24. The molecule has 1 fully saturated rings. The molecule has 2 aromatic rings. The average Bonchev–Trinajstić information content (AvgIpc) is 3.16. The van der Waals surface area contributed by atoms with Gasteiger partial charge in [0.1, 0.15) is 12.8 Å². The summed E-state index contributed by atoms with van der Waals surface area (Å²) in [6.07, 6.45) is 7.04. The molecule has 1 aromatic carbocycles. The molecule has 8 heteroatoms. The lowest BCUT2D eigenvalue weighted by molar-refractivity contribution is -0.117. The summed E-state index contributed by atoms with van der Waals surface area (Å²) in [5, 5.41) is 6.99. The predicted molar refractivity (Wildman–Crippen MR) is 104 cm³/mol. The summed E-state index contributed by atoms with van der Waals surface area (Å²) in [6, 6.07) is 6.30. The highest BCUT2D eigenvalue weighted by molar-refractivity contribution is 6.42. The van der Waals surface area contributed by atoms with E-state index in [1.54, 1.807) is 23.1 Å². The molecule has 0 spiro atoms. The summed E-state index contributed by atoms with van der Waals surface area (Å²) in [4.78, 5) is 27.0. The smallest absolute Gasteiger partial charge is 0.254 e. The number of hydrogen-bond acceptors (Lipinski definition) is 4. The Kier molecular flexibility index (Phi) is 6.74. The minimum atomic E-state index is -0.326. The maximum Gasteiger partial charge on any atom is 0.254 e. The van der Waals surface area contributed by atoms with E-state index in [9.17, 15) is 9.59 Å². The third-order valence-corrected chi connectivity index (χ3v) is 5.44. The molecule has 0 saturated heterocycles. The van der Waals surface area contributed by atoms with Crippen molar-refractivity contribution in [1.82, 2.24) is 10.1 Å². The highest BCUT2D eigenvalue weighted by Crippen LogP contribution is 2.26. The van der Waals surface area contributed by atoms with Gasteiger partial charge in [-0.1, -0.05) is 47.6 Å². The van der Waals surface area contributed by atoms with Gasteiger partial charge in [-0.3, -0.25) is 9.59 Å². The van der Waals surface area contributed by atoms with Gasteiger partial charge in [0.25, 0.3) is 5.91 Å². The number of nitrogens with zero attached hydrogens (tertiary/aromatic N) is 2. The average molecular weight is 410 g/mol. The number of benzene rings is 1. The fourth-order valence-corrected chi connectivity index (χ4v) is 3.64. The summed E-state index contributed by atoms with van der Waals surface area (Å²) < 4.78 is 4.71. The second kappa shape index (κ2) is 9.24. The summed E-state index contributed by atoms with van der Waals surface area (Å²) in [6.45, 7) is 0.466. The van der Waals surface area contributed by atoms with Crippen LogP contribution in [0.4, 0.5) is 5.82 Å². The van der Waals surface area contributed by atoms with Crippen LogP contribution in [-0.2, 0) is 4.79 Å². The summed E-state index contributed by atoms with van der Waals surface area (Å²) in [5.41, 5.74) is 0.412. The second-order valence-electron chi connectivity index (χ2n) is 6.75. The van der Waals surface area contributed by atoms with Crippen molar-refractivity contribution >= 4 is 40.8 Å². The number of halogens is 2. The number of carbonyl (C=O) groups excluding carboxylic acids is 2. The van der Waals surface area contributed by atoms with Crippen molar-refractivity contribution in [2.24, 2.45) is 5.92 Å². The summed E-state index contributed by atoms with van der Waals surface area (Å²) in [5.74, 6) is 0.146. The van der Waals surface area contributed by atoms with Crippen LogP contribution in [0.2, 0.25) is 10.0 Å². The molecule has 0 bridgehead atoms. The van der Waals surface area contributed by atoms with Gasteiger partial charge in [-0.2, -0.15) is 0 Å². The number of amides is 2. The molecule has 3 rings (SSSR count). The van der Waals surface area contributed by atoms with Gasteiger partial charge in [-0.25, -0.2) is 0 Å². The van der Waals surface area contributed by atoms with E-state index in [0.29, 0.717) is 33.9 Å². The van der Waals surface area contributed by atoms with E-state index in [1.165, 1.54) is 18.8 Å². The third-order valence-electron chi connectivity index (χ3n) is 4.70. The molecule has 0 unspecified atom stereocenters. The van der Waals surface area contributed by atoms with E-state index in [4.69, 9.17) is 27.7 Å². The normalized spacial score (nSPS) is 14.7. The molecule has 0 atom stereocenters. The van der Waals surface area contributed by atoms with Gasteiger partial charge in [0.05, 0.1) is 10.0 Å². The Morgan fingerprint density at radius 2 is 1.93 bits per heavy atom. The highest BCUT2D eigenvalue weighted by atomic mass is 35.5. The topological polar surface area (TPSA) is 75.4 Å².